The molecule has 1 aliphatic heterocycles. The molecule has 1 aromatic carbocycles. The van der Waals surface area contributed by atoms with Crippen molar-refractivity contribution >= 4 is 45.8 Å². The van der Waals surface area contributed by atoms with Gasteiger partial charge in [-0.3, -0.25) is 4.79 Å². The first kappa shape index (κ1) is 16.8. The Morgan fingerprint density at radius 2 is 2.32 bits per heavy atom. The zero-order valence-corrected chi connectivity index (χ0v) is 13.6. The summed E-state index contributed by atoms with van der Waals surface area (Å²) in [7, 11) is 0. The molecule has 0 saturated carbocycles. The fourth-order valence-electron chi connectivity index (χ4n) is 2.10. The first-order valence-corrected chi connectivity index (χ1v) is 7.28. The van der Waals surface area contributed by atoms with E-state index in [1.165, 1.54) is 12.8 Å². The Balaban J connectivity index is 0.00000180. The Hall–Kier alpha value is -0.290. The van der Waals surface area contributed by atoms with E-state index in [-0.39, 0.29) is 18.3 Å². The van der Waals surface area contributed by atoms with Gasteiger partial charge in [0.2, 0.25) is 0 Å². The molecule has 1 fully saturated rings. The van der Waals surface area contributed by atoms with E-state index in [1.807, 2.05) is 6.07 Å². The minimum Gasteiger partial charge on any atom is -0.352 e. The summed E-state index contributed by atoms with van der Waals surface area (Å²) in [6.07, 6.45) is 2.35. The van der Waals surface area contributed by atoms with Gasteiger partial charge in [0, 0.05) is 11.0 Å². The summed E-state index contributed by atoms with van der Waals surface area (Å²) in [5, 5.41) is 6.76. The minimum absolute atomic E-state index is 0. The van der Waals surface area contributed by atoms with Gasteiger partial charge in [0.05, 0.1) is 10.6 Å². The van der Waals surface area contributed by atoms with Gasteiger partial charge in [0.25, 0.3) is 5.91 Å². The SMILES string of the molecule is Cl.O=C(NCC1CCCNC1)c1ccc(Br)cc1Cl. The van der Waals surface area contributed by atoms with Crippen LogP contribution in [0, 0.1) is 5.92 Å². The maximum Gasteiger partial charge on any atom is 0.252 e. The second-order valence-corrected chi connectivity index (χ2v) is 5.87. The van der Waals surface area contributed by atoms with Crippen molar-refractivity contribution in [2.75, 3.05) is 19.6 Å². The van der Waals surface area contributed by atoms with Crippen molar-refractivity contribution < 1.29 is 4.79 Å². The van der Waals surface area contributed by atoms with Crippen molar-refractivity contribution in [1.82, 2.24) is 10.6 Å². The average molecular weight is 368 g/mol. The van der Waals surface area contributed by atoms with Gasteiger partial charge in [-0.15, -0.1) is 12.4 Å². The molecule has 0 radical (unpaired) electrons. The normalized spacial score (nSPS) is 18.5. The number of nitrogens with one attached hydrogen (secondary N) is 2. The number of benzene rings is 1. The quantitative estimate of drug-likeness (QED) is 0.860. The monoisotopic (exact) mass is 366 g/mol. The molecule has 2 rings (SSSR count). The smallest absolute Gasteiger partial charge is 0.252 e. The van der Waals surface area contributed by atoms with Crippen LogP contribution in [0.15, 0.2) is 22.7 Å². The number of halogens is 3. The number of carbonyl (C=O) groups excluding carboxylic acids is 1. The number of hydrogen-bond acceptors (Lipinski definition) is 2. The maximum absolute atomic E-state index is 12.0. The molecule has 1 atom stereocenters. The summed E-state index contributed by atoms with van der Waals surface area (Å²) >= 11 is 9.37. The molecule has 1 unspecified atom stereocenters. The lowest BCUT2D eigenvalue weighted by atomic mass is 10.00. The molecule has 0 bridgehead atoms. The lowest BCUT2D eigenvalue weighted by Gasteiger charge is -2.22. The first-order valence-electron chi connectivity index (χ1n) is 6.11. The zero-order valence-electron chi connectivity index (χ0n) is 10.4. The van der Waals surface area contributed by atoms with Crippen LogP contribution in [0.25, 0.3) is 0 Å². The molecule has 1 heterocycles. The molecule has 0 aromatic heterocycles. The third-order valence-corrected chi connectivity index (χ3v) is 3.93. The van der Waals surface area contributed by atoms with Gasteiger partial charge >= 0.3 is 0 Å². The van der Waals surface area contributed by atoms with E-state index in [2.05, 4.69) is 26.6 Å². The predicted molar refractivity (Wildman–Crippen MR) is 84.3 cm³/mol. The molecule has 1 amide bonds. The van der Waals surface area contributed by atoms with E-state index in [0.717, 1.165) is 17.6 Å². The third kappa shape index (κ3) is 4.95. The fourth-order valence-corrected chi connectivity index (χ4v) is 2.86. The van der Waals surface area contributed by atoms with E-state index in [9.17, 15) is 4.79 Å². The van der Waals surface area contributed by atoms with Gasteiger partial charge in [-0.05, 0) is 50.0 Å². The highest BCUT2D eigenvalue weighted by atomic mass is 79.9. The highest BCUT2D eigenvalue weighted by Crippen LogP contribution is 2.21. The Kier molecular flexibility index (Phi) is 7.15. The molecule has 106 valence electrons. The average Bonchev–Trinajstić information content (AvgIpc) is 2.37. The predicted octanol–water partition coefficient (Wildman–Crippen LogP) is 3.25. The second-order valence-electron chi connectivity index (χ2n) is 4.55. The summed E-state index contributed by atoms with van der Waals surface area (Å²) in [6, 6.07) is 5.29. The van der Waals surface area contributed by atoms with Gasteiger partial charge in [0.15, 0.2) is 0 Å². The van der Waals surface area contributed by atoms with Crippen molar-refractivity contribution in [3.8, 4) is 0 Å². The van der Waals surface area contributed by atoms with E-state index in [0.29, 0.717) is 23.0 Å². The van der Waals surface area contributed by atoms with E-state index >= 15 is 0 Å². The number of amides is 1. The van der Waals surface area contributed by atoms with Crippen LogP contribution in [0.3, 0.4) is 0 Å². The van der Waals surface area contributed by atoms with Crippen LogP contribution in [0.2, 0.25) is 5.02 Å². The van der Waals surface area contributed by atoms with Crippen LogP contribution in [0.5, 0.6) is 0 Å². The van der Waals surface area contributed by atoms with E-state index in [4.69, 9.17) is 11.6 Å². The van der Waals surface area contributed by atoms with Crippen LogP contribution in [0.1, 0.15) is 23.2 Å². The van der Waals surface area contributed by atoms with Gasteiger partial charge < -0.3 is 10.6 Å². The number of rotatable bonds is 3. The molecule has 0 aliphatic carbocycles. The summed E-state index contributed by atoms with van der Waals surface area (Å²) in [6.45, 7) is 2.77. The zero-order chi connectivity index (χ0) is 13.0. The van der Waals surface area contributed by atoms with Gasteiger partial charge in [-0.25, -0.2) is 0 Å². The van der Waals surface area contributed by atoms with Crippen molar-refractivity contribution in [2.45, 2.75) is 12.8 Å². The summed E-state index contributed by atoms with van der Waals surface area (Å²) in [4.78, 5) is 12.0. The number of hydrogen-bond donors (Lipinski definition) is 2. The molecule has 0 spiro atoms. The van der Waals surface area contributed by atoms with Gasteiger partial charge in [0.1, 0.15) is 0 Å². The van der Waals surface area contributed by atoms with Crippen LogP contribution in [-0.4, -0.2) is 25.5 Å². The third-order valence-electron chi connectivity index (χ3n) is 3.13. The number of piperidine rings is 1. The Morgan fingerprint density at radius 3 is 2.95 bits per heavy atom. The second kappa shape index (κ2) is 8.10. The summed E-state index contributed by atoms with van der Waals surface area (Å²) < 4.78 is 0.875. The van der Waals surface area contributed by atoms with Crippen molar-refractivity contribution in [3.63, 3.8) is 0 Å². The van der Waals surface area contributed by atoms with E-state index in [1.54, 1.807) is 12.1 Å². The molecule has 1 aromatic rings. The number of carbonyl (C=O) groups is 1. The molecule has 1 aliphatic rings. The van der Waals surface area contributed by atoms with E-state index < -0.39 is 0 Å². The molecule has 2 N–H and O–H groups in total. The summed E-state index contributed by atoms with van der Waals surface area (Å²) in [5.41, 5.74) is 0.531. The van der Waals surface area contributed by atoms with Crippen LogP contribution in [-0.2, 0) is 0 Å². The first-order chi connectivity index (χ1) is 8.66. The summed E-state index contributed by atoms with van der Waals surface area (Å²) in [5.74, 6) is 0.426. The highest BCUT2D eigenvalue weighted by Gasteiger charge is 2.15. The van der Waals surface area contributed by atoms with Gasteiger partial charge in [-0.2, -0.15) is 0 Å². The lowest BCUT2D eigenvalue weighted by Crippen LogP contribution is -2.38. The van der Waals surface area contributed by atoms with Crippen LogP contribution >= 0.6 is 39.9 Å². The topological polar surface area (TPSA) is 41.1 Å². The lowest BCUT2D eigenvalue weighted by molar-refractivity contribution is 0.0945. The van der Waals surface area contributed by atoms with Crippen LogP contribution < -0.4 is 10.6 Å². The fraction of sp³-hybridized carbons (Fsp3) is 0.462. The molecule has 6 heteroatoms. The maximum atomic E-state index is 12.0. The Bertz CT molecular complexity index is 437. The molecule has 3 nitrogen and oxygen atoms in total. The molecule has 19 heavy (non-hydrogen) atoms. The highest BCUT2D eigenvalue weighted by molar-refractivity contribution is 9.10. The van der Waals surface area contributed by atoms with Crippen LogP contribution in [0.4, 0.5) is 0 Å². The van der Waals surface area contributed by atoms with Crippen molar-refractivity contribution in [3.05, 3.63) is 33.3 Å². The Labute approximate surface area is 133 Å². The molecular formula is C13H17BrCl2N2O. The standard InChI is InChI=1S/C13H16BrClN2O.ClH/c14-10-3-4-11(12(15)6-10)13(18)17-8-9-2-1-5-16-7-9;/h3-4,6,9,16H,1-2,5,7-8H2,(H,17,18);1H. The minimum atomic E-state index is -0.0990. The Morgan fingerprint density at radius 1 is 1.53 bits per heavy atom. The molecular weight excluding hydrogens is 351 g/mol. The largest absolute Gasteiger partial charge is 0.352 e. The van der Waals surface area contributed by atoms with Crippen molar-refractivity contribution in [2.24, 2.45) is 5.92 Å². The molecule has 1 saturated heterocycles. The van der Waals surface area contributed by atoms with Gasteiger partial charge in [-0.1, -0.05) is 27.5 Å². The van der Waals surface area contributed by atoms with Crippen molar-refractivity contribution in [1.29, 1.82) is 0 Å².